The number of anilines is 1. The first-order valence-corrected chi connectivity index (χ1v) is 10.6. The number of benzene rings is 2. The molecule has 0 saturated carbocycles. The second-order valence-electron chi connectivity index (χ2n) is 6.88. The monoisotopic (exact) mass is 395 g/mol. The SMILES string of the molecule is CCC(C)Nc1nc2c(S(=O)(=O)c3ccc(C)cc3)nnn2c2ccccc12. The summed E-state index contributed by atoms with van der Waals surface area (Å²) in [6.07, 6.45) is 0.910. The van der Waals surface area contributed by atoms with E-state index in [-0.39, 0.29) is 21.6 Å². The Morgan fingerprint density at radius 2 is 1.82 bits per heavy atom. The topological polar surface area (TPSA) is 89.2 Å². The van der Waals surface area contributed by atoms with Crippen LogP contribution in [0.4, 0.5) is 5.82 Å². The Hall–Kier alpha value is -3.00. The average molecular weight is 395 g/mol. The highest BCUT2D eigenvalue weighted by Gasteiger charge is 2.27. The normalized spacial score (nSPS) is 13.1. The van der Waals surface area contributed by atoms with Crippen LogP contribution in [-0.4, -0.2) is 34.3 Å². The summed E-state index contributed by atoms with van der Waals surface area (Å²) in [7, 11) is -3.84. The second kappa shape index (κ2) is 6.87. The third-order valence-electron chi connectivity index (χ3n) is 4.80. The van der Waals surface area contributed by atoms with E-state index in [2.05, 4.69) is 34.5 Å². The lowest BCUT2D eigenvalue weighted by Gasteiger charge is -2.14. The number of hydrogen-bond acceptors (Lipinski definition) is 6. The van der Waals surface area contributed by atoms with Crippen molar-refractivity contribution in [3.05, 3.63) is 54.1 Å². The molecule has 2 aromatic carbocycles. The third-order valence-corrected chi connectivity index (χ3v) is 6.47. The van der Waals surface area contributed by atoms with Gasteiger partial charge >= 0.3 is 0 Å². The van der Waals surface area contributed by atoms with Crippen molar-refractivity contribution in [3.63, 3.8) is 0 Å². The molecule has 0 radical (unpaired) electrons. The summed E-state index contributed by atoms with van der Waals surface area (Å²) < 4.78 is 27.8. The van der Waals surface area contributed by atoms with Crippen LogP contribution in [0.5, 0.6) is 0 Å². The number of sulfone groups is 1. The van der Waals surface area contributed by atoms with Crippen LogP contribution in [0.25, 0.3) is 16.6 Å². The molecule has 144 valence electrons. The molecular formula is C20H21N5O2S. The Labute approximate surface area is 163 Å². The Kier molecular flexibility index (Phi) is 4.50. The molecule has 28 heavy (non-hydrogen) atoms. The number of aromatic nitrogens is 4. The van der Waals surface area contributed by atoms with Crippen molar-refractivity contribution < 1.29 is 8.42 Å². The molecule has 7 nitrogen and oxygen atoms in total. The number of nitrogens with one attached hydrogen (secondary N) is 1. The first-order chi connectivity index (χ1) is 13.4. The van der Waals surface area contributed by atoms with Gasteiger partial charge in [-0.3, -0.25) is 0 Å². The van der Waals surface area contributed by atoms with Gasteiger partial charge in [-0.2, -0.15) is 4.52 Å². The number of rotatable bonds is 5. The molecule has 0 bridgehead atoms. The van der Waals surface area contributed by atoms with Crippen LogP contribution in [0.2, 0.25) is 0 Å². The summed E-state index contributed by atoms with van der Waals surface area (Å²) in [6.45, 7) is 6.04. The van der Waals surface area contributed by atoms with Crippen LogP contribution in [0, 0.1) is 6.92 Å². The largest absolute Gasteiger partial charge is 0.367 e. The maximum absolute atomic E-state index is 13.2. The highest BCUT2D eigenvalue weighted by atomic mass is 32.2. The minimum absolute atomic E-state index is 0.144. The van der Waals surface area contributed by atoms with E-state index in [1.165, 1.54) is 4.52 Å². The summed E-state index contributed by atoms with van der Waals surface area (Å²) in [6, 6.07) is 14.5. The summed E-state index contributed by atoms with van der Waals surface area (Å²) in [4.78, 5) is 4.78. The summed E-state index contributed by atoms with van der Waals surface area (Å²) in [5, 5.41) is 12.2. The van der Waals surface area contributed by atoms with Crippen LogP contribution in [0.3, 0.4) is 0 Å². The van der Waals surface area contributed by atoms with E-state index in [0.29, 0.717) is 5.82 Å². The van der Waals surface area contributed by atoms with Crippen LogP contribution in [0.1, 0.15) is 25.8 Å². The minimum atomic E-state index is -3.84. The predicted molar refractivity (Wildman–Crippen MR) is 108 cm³/mol. The quantitative estimate of drug-likeness (QED) is 0.555. The number of para-hydroxylation sites is 1. The molecule has 4 rings (SSSR count). The smallest absolute Gasteiger partial charge is 0.229 e. The molecule has 1 atom stereocenters. The number of nitrogens with zero attached hydrogens (tertiary/aromatic N) is 4. The molecule has 0 aliphatic carbocycles. The first-order valence-electron chi connectivity index (χ1n) is 9.14. The van der Waals surface area contributed by atoms with E-state index < -0.39 is 9.84 Å². The Balaban J connectivity index is 1.97. The molecule has 0 amide bonds. The number of hydrogen-bond donors (Lipinski definition) is 1. The first kappa shape index (κ1) is 18.4. The maximum atomic E-state index is 13.2. The van der Waals surface area contributed by atoms with Crippen molar-refractivity contribution >= 4 is 32.2 Å². The zero-order chi connectivity index (χ0) is 19.9. The molecule has 8 heteroatoms. The zero-order valence-corrected chi connectivity index (χ0v) is 16.7. The van der Waals surface area contributed by atoms with Crippen LogP contribution in [-0.2, 0) is 9.84 Å². The average Bonchev–Trinajstić information content (AvgIpc) is 3.13. The van der Waals surface area contributed by atoms with Crippen LogP contribution >= 0.6 is 0 Å². The van der Waals surface area contributed by atoms with E-state index in [1.807, 2.05) is 31.2 Å². The Morgan fingerprint density at radius 3 is 2.54 bits per heavy atom. The fourth-order valence-electron chi connectivity index (χ4n) is 2.99. The van der Waals surface area contributed by atoms with Gasteiger partial charge in [0.2, 0.25) is 14.9 Å². The van der Waals surface area contributed by atoms with E-state index in [1.54, 1.807) is 24.3 Å². The van der Waals surface area contributed by atoms with Gasteiger partial charge < -0.3 is 5.32 Å². The van der Waals surface area contributed by atoms with Gasteiger partial charge in [-0.1, -0.05) is 42.0 Å². The van der Waals surface area contributed by atoms with Crippen LogP contribution in [0.15, 0.2) is 58.5 Å². The molecular weight excluding hydrogens is 374 g/mol. The van der Waals surface area contributed by atoms with E-state index in [9.17, 15) is 8.42 Å². The molecule has 0 aliphatic heterocycles. The Morgan fingerprint density at radius 1 is 1.11 bits per heavy atom. The highest BCUT2D eigenvalue weighted by Crippen LogP contribution is 2.28. The molecule has 0 spiro atoms. The Bertz CT molecular complexity index is 1260. The molecule has 2 heterocycles. The van der Waals surface area contributed by atoms with E-state index in [0.717, 1.165) is 22.9 Å². The zero-order valence-electron chi connectivity index (χ0n) is 15.9. The van der Waals surface area contributed by atoms with Gasteiger partial charge in [-0.15, -0.1) is 5.10 Å². The molecule has 4 aromatic rings. The number of fused-ring (bicyclic) bond motifs is 3. The summed E-state index contributed by atoms with van der Waals surface area (Å²) in [5.74, 6) is 0.625. The summed E-state index contributed by atoms with van der Waals surface area (Å²) in [5.41, 5.74) is 1.94. The third kappa shape index (κ3) is 2.99. The van der Waals surface area contributed by atoms with Crippen molar-refractivity contribution in [2.24, 2.45) is 0 Å². The summed E-state index contributed by atoms with van der Waals surface area (Å²) >= 11 is 0. The molecule has 1 unspecified atom stereocenters. The molecule has 0 saturated heterocycles. The van der Waals surface area contributed by atoms with E-state index in [4.69, 9.17) is 0 Å². The maximum Gasteiger partial charge on any atom is 0.229 e. The van der Waals surface area contributed by atoms with Crippen molar-refractivity contribution in [1.29, 1.82) is 0 Å². The van der Waals surface area contributed by atoms with Gasteiger partial charge in [-0.05, 0) is 44.5 Å². The van der Waals surface area contributed by atoms with Gasteiger partial charge in [0.25, 0.3) is 0 Å². The lowest BCUT2D eigenvalue weighted by Crippen LogP contribution is -2.15. The molecule has 2 aromatic heterocycles. The van der Waals surface area contributed by atoms with Gasteiger partial charge in [0.1, 0.15) is 5.82 Å². The van der Waals surface area contributed by atoms with Crippen LogP contribution < -0.4 is 5.32 Å². The van der Waals surface area contributed by atoms with E-state index >= 15 is 0 Å². The van der Waals surface area contributed by atoms with Crippen molar-refractivity contribution in [1.82, 2.24) is 19.8 Å². The van der Waals surface area contributed by atoms with Crippen molar-refractivity contribution in [2.45, 2.75) is 43.2 Å². The van der Waals surface area contributed by atoms with Gasteiger partial charge in [0.15, 0.2) is 5.65 Å². The highest BCUT2D eigenvalue weighted by molar-refractivity contribution is 7.91. The lowest BCUT2D eigenvalue weighted by atomic mass is 10.2. The van der Waals surface area contributed by atoms with Crippen molar-refractivity contribution in [3.8, 4) is 0 Å². The van der Waals surface area contributed by atoms with Crippen molar-refractivity contribution in [2.75, 3.05) is 5.32 Å². The molecule has 1 N–H and O–H groups in total. The standard InChI is InChI=1S/C20H21N5O2S/c1-4-14(3)21-18-16-7-5-6-8-17(16)25-19(22-18)20(23-24-25)28(26,27)15-11-9-13(2)10-12-15/h5-12,14H,4H2,1-3H3,(H,21,22). The second-order valence-corrected chi connectivity index (χ2v) is 8.74. The molecule has 0 fully saturated rings. The predicted octanol–water partition coefficient (Wildman–Crippen LogP) is 3.63. The van der Waals surface area contributed by atoms with Gasteiger partial charge in [-0.25, -0.2) is 13.4 Å². The number of aryl methyl sites for hydroxylation is 1. The molecule has 0 aliphatic rings. The lowest BCUT2D eigenvalue weighted by molar-refractivity contribution is 0.592. The van der Waals surface area contributed by atoms with Gasteiger partial charge in [0, 0.05) is 11.4 Å². The van der Waals surface area contributed by atoms with Gasteiger partial charge in [0.05, 0.1) is 10.4 Å². The fourth-order valence-corrected chi connectivity index (χ4v) is 4.23. The fraction of sp³-hybridized carbons (Fsp3) is 0.250. The minimum Gasteiger partial charge on any atom is -0.367 e.